The second kappa shape index (κ2) is 3.28. The van der Waals surface area contributed by atoms with E-state index in [0.29, 0.717) is 10.0 Å². The van der Waals surface area contributed by atoms with Gasteiger partial charge in [0, 0.05) is 16.5 Å². The summed E-state index contributed by atoms with van der Waals surface area (Å²) < 4.78 is 26.5. The van der Waals surface area contributed by atoms with Crippen molar-refractivity contribution in [3.8, 4) is 0 Å². The smallest absolute Gasteiger partial charge is 0.199 e. The Bertz CT molecular complexity index is 433. The van der Waals surface area contributed by atoms with Crippen LogP contribution in [0.5, 0.6) is 0 Å². The summed E-state index contributed by atoms with van der Waals surface area (Å²) >= 11 is 8.66. The number of alkyl halides is 1. The minimum absolute atomic E-state index is 0.0222. The fourth-order valence-electron chi connectivity index (χ4n) is 1.52. The van der Waals surface area contributed by atoms with Crippen molar-refractivity contribution in [1.82, 2.24) is 0 Å². The zero-order valence-corrected chi connectivity index (χ0v) is 9.12. The van der Waals surface area contributed by atoms with Gasteiger partial charge in [0.25, 0.3) is 0 Å². The van der Waals surface area contributed by atoms with Crippen LogP contribution in [0.3, 0.4) is 0 Å². The highest BCUT2D eigenvalue weighted by Crippen LogP contribution is 2.37. The number of carbonyl (C=O) groups excluding carboxylic acids is 1. The molecule has 1 aromatic rings. The number of hydrogen-bond donors (Lipinski definition) is 0. The monoisotopic (exact) mass is 280 g/mol. The minimum atomic E-state index is -1.60. The number of halogens is 4. The van der Waals surface area contributed by atoms with Crippen molar-refractivity contribution in [1.29, 1.82) is 0 Å². The van der Waals surface area contributed by atoms with Crippen LogP contribution >= 0.6 is 27.5 Å². The molecule has 1 aliphatic carbocycles. The van der Waals surface area contributed by atoms with Crippen LogP contribution in [0.2, 0.25) is 5.02 Å². The first-order valence-corrected chi connectivity index (χ1v) is 5.04. The summed E-state index contributed by atoms with van der Waals surface area (Å²) in [6.07, 6.45) is -1.63. The average molecular weight is 281 g/mol. The van der Waals surface area contributed by atoms with Gasteiger partial charge in [0.1, 0.15) is 5.82 Å². The van der Waals surface area contributed by atoms with Crippen LogP contribution < -0.4 is 0 Å². The topological polar surface area (TPSA) is 17.1 Å². The summed E-state index contributed by atoms with van der Waals surface area (Å²) in [5.74, 6) is -1.44. The van der Waals surface area contributed by atoms with Crippen LogP contribution in [0.15, 0.2) is 10.5 Å². The molecule has 0 saturated heterocycles. The molecule has 1 aliphatic rings. The Kier molecular flexibility index (Phi) is 2.35. The maximum Gasteiger partial charge on any atom is 0.199 e. The molecular weight excluding hydrogens is 277 g/mol. The Hall–Kier alpha value is -0.480. The van der Waals surface area contributed by atoms with E-state index in [1.807, 2.05) is 0 Å². The molecule has 0 bridgehead atoms. The van der Waals surface area contributed by atoms with Gasteiger partial charge in [-0.3, -0.25) is 4.79 Å². The molecule has 1 nitrogen and oxygen atoms in total. The SMILES string of the molecule is O=C1c2c(Cl)c(F)cc(Br)c2C[C@@H]1F. The van der Waals surface area contributed by atoms with Crippen LogP contribution in [0, 0.1) is 5.82 Å². The zero-order chi connectivity index (χ0) is 10.5. The summed E-state index contributed by atoms with van der Waals surface area (Å²) in [7, 11) is 0. The quantitative estimate of drug-likeness (QED) is 0.667. The minimum Gasteiger partial charge on any atom is -0.291 e. The molecule has 5 heteroatoms. The summed E-state index contributed by atoms with van der Waals surface area (Å²) in [5, 5.41) is -0.284. The molecule has 0 radical (unpaired) electrons. The number of hydrogen-bond acceptors (Lipinski definition) is 1. The molecule has 0 N–H and O–H groups in total. The third-order valence-electron chi connectivity index (χ3n) is 2.19. The maximum absolute atomic E-state index is 13.1. The van der Waals surface area contributed by atoms with E-state index in [2.05, 4.69) is 15.9 Å². The first-order chi connectivity index (χ1) is 6.52. The molecule has 0 saturated carbocycles. The number of ketones is 1. The second-order valence-electron chi connectivity index (χ2n) is 3.04. The van der Waals surface area contributed by atoms with Crippen LogP contribution in [-0.4, -0.2) is 12.0 Å². The molecule has 0 aromatic heterocycles. The van der Waals surface area contributed by atoms with Crippen LogP contribution in [0.25, 0.3) is 0 Å². The molecular formula is C9H4BrClF2O. The third kappa shape index (κ3) is 1.28. The number of rotatable bonds is 0. The first kappa shape index (κ1) is 10.1. The van der Waals surface area contributed by atoms with Gasteiger partial charge in [-0.1, -0.05) is 27.5 Å². The van der Waals surface area contributed by atoms with Crippen LogP contribution in [-0.2, 0) is 6.42 Å². The lowest BCUT2D eigenvalue weighted by molar-refractivity contribution is 0.0899. The average Bonchev–Trinajstić information content (AvgIpc) is 2.41. The number of carbonyl (C=O) groups is 1. The van der Waals surface area contributed by atoms with Gasteiger partial charge in [-0.25, -0.2) is 8.78 Å². The summed E-state index contributed by atoms with van der Waals surface area (Å²) in [5.41, 5.74) is 0.431. The van der Waals surface area contributed by atoms with Gasteiger partial charge in [0.15, 0.2) is 12.0 Å². The fraction of sp³-hybridized carbons (Fsp3) is 0.222. The van der Waals surface area contributed by atoms with E-state index in [0.717, 1.165) is 6.07 Å². The van der Waals surface area contributed by atoms with E-state index in [1.165, 1.54) is 0 Å². The van der Waals surface area contributed by atoms with Crippen molar-refractivity contribution < 1.29 is 13.6 Å². The van der Waals surface area contributed by atoms with Crippen molar-refractivity contribution in [2.24, 2.45) is 0 Å². The molecule has 1 aromatic carbocycles. The Morgan fingerprint density at radius 2 is 2.21 bits per heavy atom. The highest BCUT2D eigenvalue weighted by atomic mass is 79.9. The van der Waals surface area contributed by atoms with Gasteiger partial charge in [0.2, 0.25) is 0 Å². The van der Waals surface area contributed by atoms with Gasteiger partial charge >= 0.3 is 0 Å². The summed E-state index contributed by atoms with van der Waals surface area (Å²) in [4.78, 5) is 11.3. The molecule has 0 spiro atoms. The van der Waals surface area contributed by atoms with Gasteiger partial charge < -0.3 is 0 Å². The number of benzene rings is 1. The predicted octanol–water partition coefficient (Wildman–Crippen LogP) is 3.32. The van der Waals surface area contributed by atoms with Crippen molar-refractivity contribution in [3.05, 3.63) is 32.5 Å². The van der Waals surface area contributed by atoms with E-state index in [9.17, 15) is 13.6 Å². The van der Waals surface area contributed by atoms with E-state index < -0.39 is 17.8 Å². The van der Waals surface area contributed by atoms with Gasteiger partial charge in [-0.2, -0.15) is 0 Å². The Balaban J connectivity index is 2.74. The zero-order valence-electron chi connectivity index (χ0n) is 6.78. The molecule has 0 fully saturated rings. The largest absolute Gasteiger partial charge is 0.291 e. The highest BCUT2D eigenvalue weighted by molar-refractivity contribution is 9.10. The molecule has 2 rings (SSSR count). The second-order valence-corrected chi connectivity index (χ2v) is 4.28. The standard InChI is InChI=1S/C9H4BrClF2O/c10-4-2-5(12)8(11)7-3(4)1-6(13)9(7)14/h2,6H,1H2/t6-/m0/s1. The lowest BCUT2D eigenvalue weighted by atomic mass is 10.1. The summed E-state index contributed by atoms with van der Waals surface area (Å²) in [6.45, 7) is 0. The molecule has 74 valence electrons. The van der Waals surface area contributed by atoms with E-state index >= 15 is 0 Å². The van der Waals surface area contributed by atoms with Crippen molar-refractivity contribution >= 4 is 33.3 Å². The molecule has 0 heterocycles. The fourth-order valence-corrected chi connectivity index (χ4v) is 2.34. The van der Waals surface area contributed by atoms with Crippen molar-refractivity contribution in [3.63, 3.8) is 0 Å². The number of Topliss-reactive ketones (excluding diaryl/α,β-unsaturated/α-hetero) is 1. The lowest BCUT2D eigenvalue weighted by Crippen LogP contribution is -2.08. The lowest BCUT2D eigenvalue weighted by Gasteiger charge is -2.03. The van der Waals surface area contributed by atoms with Crippen LogP contribution in [0.1, 0.15) is 15.9 Å². The number of fused-ring (bicyclic) bond motifs is 1. The maximum atomic E-state index is 13.1. The van der Waals surface area contributed by atoms with Crippen molar-refractivity contribution in [2.75, 3.05) is 0 Å². The van der Waals surface area contributed by atoms with Gasteiger partial charge in [-0.05, 0) is 11.6 Å². The molecule has 0 amide bonds. The van der Waals surface area contributed by atoms with E-state index in [4.69, 9.17) is 11.6 Å². The van der Waals surface area contributed by atoms with E-state index in [-0.39, 0.29) is 17.0 Å². The highest BCUT2D eigenvalue weighted by Gasteiger charge is 2.35. The third-order valence-corrected chi connectivity index (χ3v) is 3.26. The molecule has 1 atom stereocenters. The van der Waals surface area contributed by atoms with Gasteiger partial charge in [0.05, 0.1) is 5.02 Å². The van der Waals surface area contributed by atoms with Gasteiger partial charge in [-0.15, -0.1) is 0 Å². The van der Waals surface area contributed by atoms with Crippen LogP contribution in [0.4, 0.5) is 8.78 Å². The molecule has 14 heavy (non-hydrogen) atoms. The normalized spacial score (nSPS) is 20.0. The molecule has 0 unspecified atom stereocenters. The van der Waals surface area contributed by atoms with Crippen molar-refractivity contribution in [2.45, 2.75) is 12.6 Å². The Labute approximate surface area is 92.2 Å². The van der Waals surface area contributed by atoms with E-state index in [1.54, 1.807) is 0 Å². The molecule has 0 aliphatic heterocycles. The first-order valence-electron chi connectivity index (χ1n) is 3.87. The Morgan fingerprint density at radius 1 is 1.57 bits per heavy atom. The summed E-state index contributed by atoms with van der Waals surface area (Å²) in [6, 6.07) is 1.15. The Morgan fingerprint density at radius 3 is 2.86 bits per heavy atom. The predicted molar refractivity (Wildman–Crippen MR) is 52.0 cm³/mol.